The summed E-state index contributed by atoms with van der Waals surface area (Å²) in [5, 5.41) is 0.593. The lowest BCUT2D eigenvalue weighted by Crippen LogP contribution is -2.23. The second-order valence-electron chi connectivity index (χ2n) is 3.72. The van der Waals surface area contributed by atoms with Crippen molar-refractivity contribution in [3.63, 3.8) is 0 Å². The molecule has 0 N–H and O–H groups in total. The number of benzene rings is 1. The Morgan fingerprint density at radius 3 is 2.89 bits per heavy atom. The van der Waals surface area contributed by atoms with Crippen LogP contribution in [0.4, 0.5) is 0 Å². The van der Waals surface area contributed by atoms with Crippen LogP contribution in [0.2, 0.25) is 0 Å². The van der Waals surface area contributed by atoms with Gasteiger partial charge in [0.2, 0.25) is 0 Å². The molecule has 6 heteroatoms. The van der Waals surface area contributed by atoms with Crippen LogP contribution in [-0.4, -0.2) is 22.8 Å². The fraction of sp³-hybridized carbons (Fsp3) is 0.333. The molecular formula is C12H12Br2N2O2. The summed E-state index contributed by atoms with van der Waals surface area (Å²) in [6.07, 6.45) is 1.56. The average Bonchev–Trinajstić information content (AvgIpc) is 2.33. The number of ether oxygens (including phenoxy) is 1. The van der Waals surface area contributed by atoms with E-state index in [1.807, 2.05) is 13.0 Å². The summed E-state index contributed by atoms with van der Waals surface area (Å²) in [6.45, 7) is 3.60. The Kier molecular flexibility index (Phi) is 4.53. The van der Waals surface area contributed by atoms with Crippen molar-refractivity contribution in [1.29, 1.82) is 0 Å². The Bertz CT molecular complexity index is 625. The summed E-state index contributed by atoms with van der Waals surface area (Å²) in [4.78, 5) is 16.6. The highest BCUT2D eigenvalue weighted by atomic mass is 79.9. The number of nitrogens with zero attached hydrogens (tertiary/aromatic N) is 2. The van der Waals surface area contributed by atoms with Crippen LogP contribution in [0.15, 0.2) is 32.2 Å². The van der Waals surface area contributed by atoms with Crippen molar-refractivity contribution >= 4 is 42.8 Å². The van der Waals surface area contributed by atoms with Crippen LogP contribution in [-0.2, 0) is 11.3 Å². The van der Waals surface area contributed by atoms with Gasteiger partial charge in [0.15, 0.2) is 0 Å². The highest BCUT2D eigenvalue weighted by Gasteiger charge is 2.08. The van der Waals surface area contributed by atoms with E-state index in [0.29, 0.717) is 30.7 Å². The summed E-state index contributed by atoms with van der Waals surface area (Å²) in [7, 11) is 0. The lowest BCUT2D eigenvalue weighted by Gasteiger charge is -2.07. The predicted molar refractivity (Wildman–Crippen MR) is 77.9 cm³/mol. The molecule has 0 fully saturated rings. The average molecular weight is 376 g/mol. The third-order valence-corrected chi connectivity index (χ3v) is 3.59. The predicted octanol–water partition coefficient (Wildman–Crippen LogP) is 2.96. The van der Waals surface area contributed by atoms with Crippen LogP contribution in [0.25, 0.3) is 10.9 Å². The van der Waals surface area contributed by atoms with Gasteiger partial charge in [0, 0.05) is 15.6 Å². The first kappa shape index (κ1) is 13.7. The maximum Gasteiger partial charge on any atom is 0.261 e. The summed E-state index contributed by atoms with van der Waals surface area (Å²) < 4.78 is 8.47. The molecule has 0 atom stereocenters. The Labute approximate surface area is 121 Å². The largest absolute Gasteiger partial charge is 0.380 e. The van der Waals surface area contributed by atoms with Crippen molar-refractivity contribution in [3.8, 4) is 0 Å². The molecule has 1 heterocycles. The fourth-order valence-corrected chi connectivity index (χ4v) is 2.99. The minimum atomic E-state index is -0.0540. The SMILES string of the molecule is CCOCCn1cnc2c(Br)cc(Br)cc2c1=O. The standard InChI is InChI=1S/C12H12Br2N2O2/c1-2-18-4-3-16-7-15-11-9(12(16)17)5-8(13)6-10(11)14/h5-7H,2-4H2,1H3. The summed E-state index contributed by atoms with van der Waals surface area (Å²) in [5.74, 6) is 0. The van der Waals surface area contributed by atoms with Crippen molar-refractivity contribution in [2.24, 2.45) is 0 Å². The monoisotopic (exact) mass is 374 g/mol. The Morgan fingerprint density at radius 2 is 2.17 bits per heavy atom. The van der Waals surface area contributed by atoms with Gasteiger partial charge in [-0.1, -0.05) is 15.9 Å². The lowest BCUT2D eigenvalue weighted by molar-refractivity contribution is 0.138. The van der Waals surface area contributed by atoms with Crippen LogP contribution in [0, 0.1) is 0 Å². The summed E-state index contributed by atoms with van der Waals surface area (Å²) >= 11 is 6.78. The molecule has 0 radical (unpaired) electrons. The number of hydrogen-bond donors (Lipinski definition) is 0. The van der Waals surface area contributed by atoms with Gasteiger partial charge in [0.25, 0.3) is 5.56 Å². The summed E-state index contributed by atoms with van der Waals surface area (Å²) in [6, 6.07) is 3.66. The van der Waals surface area contributed by atoms with Gasteiger partial charge in [0.05, 0.1) is 30.4 Å². The molecule has 0 saturated carbocycles. The molecule has 4 nitrogen and oxygen atoms in total. The number of halogens is 2. The van der Waals surface area contributed by atoms with Crippen LogP contribution in [0.3, 0.4) is 0 Å². The molecule has 0 aliphatic carbocycles. The molecule has 0 bridgehead atoms. The van der Waals surface area contributed by atoms with E-state index in [4.69, 9.17) is 4.74 Å². The van der Waals surface area contributed by atoms with Gasteiger partial charge in [-0.2, -0.15) is 0 Å². The highest BCUT2D eigenvalue weighted by molar-refractivity contribution is 9.11. The zero-order valence-electron chi connectivity index (χ0n) is 9.82. The van der Waals surface area contributed by atoms with Crippen molar-refractivity contribution in [2.75, 3.05) is 13.2 Å². The normalized spacial score (nSPS) is 11.1. The number of rotatable bonds is 4. The summed E-state index contributed by atoms with van der Waals surface area (Å²) in [5.41, 5.74) is 0.623. The van der Waals surface area contributed by atoms with E-state index in [0.717, 1.165) is 8.95 Å². The van der Waals surface area contributed by atoms with Gasteiger partial charge >= 0.3 is 0 Å². The zero-order chi connectivity index (χ0) is 13.1. The molecule has 2 rings (SSSR count). The van der Waals surface area contributed by atoms with E-state index in [-0.39, 0.29) is 5.56 Å². The van der Waals surface area contributed by atoms with Gasteiger partial charge in [0.1, 0.15) is 0 Å². The Hall–Kier alpha value is -0.720. The minimum absolute atomic E-state index is 0.0540. The molecule has 0 spiro atoms. The number of aromatic nitrogens is 2. The van der Waals surface area contributed by atoms with E-state index in [1.165, 1.54) is 0 Å². The number of hydrogen-bond acceptors (Lipinski definition) is 3. The molecule has 0 saturated heterocycles. The van der Waals surface area contributed by atoms with Crippen molar-refractivity contribution in [1.82, 2.24) is 9.55 Å². The highest BCUT2D eigenvalue weighted by Crippen LogP contribution is 2.24. The van der Waals surface area contributed by atoms with E-state index >= 15 is 0 Å². The maximum atomic E-state index is 12.3. The second-order valence-corrected chi connectivity index (χ2v) is 5.49. The first-order valence-corrected chi connectivity index (χ1v) is 7.14. The van der Waals surface area contributed by atoms with Crippen LogP contribution in [0.1, 0.15) is 6.92 Å². The molecule has 96 valence electrons. The minimum Gasteiger partial charge on any atom is -0.380 e. The molecule has 2 aromatic rings. The van der Waals surface area contributed by atoms with Gasteiger partial charge in [-0.05, 0) is 35.0 Å². The zero-order valence-corrected chi connectivity index (χ0v) is 13.0. The Morgan fingerprint density at radius 1 is 1.39 bits per heavy atom. The van der Waals surface area contributed by atoms with Gasteiger partial charge < -0.3 is 4.74 Å². The van der Waals surface area contributed by atoms with Crippen molar-refractivity contribution < 1.29 is 4.74 Å². The molecule has 1 aromatic carbocycles. The van der Waals surface area contributed by atoms with Gasteiger partial charge in [-0.25, -0.2) is 4.98 Å². The molecule has 0 aliphatic rings. The second kappa shape index (κ2) is 5.95. The van der Waals surface area contributed by atoms with E-state index in [9.17, 15) is 4.79 Å². The molecule has 1 aromatic heterocycles. The first-order chi connectivity index (χ1) is 8.63. The smallest absolute Gasteiger partial charge is 0.261 e. The molecule has 0 amide bonds. The van der Waals surface area contributed by atoms with Gasteiger partial charge in [-0.3, -0.25) is 9.36 Å². The fourth-order valence-electron chi connectivity index (χ4n) is 1.66. The third kappa shape index (κ3) is 2.81. The maximum absolute atomic E-state index is 12.3. The molecule has 0 unspecified atom stereocenters. The van der Waals surface area contributed by atoms with Gasteiger partial charge in [-0.15, -0.1) is 0 Å². The van der Waals surface area contributed by atoms with Crippen molar-refractivity contribution in [3.05, 3.63) is 37.8 Å². The van der Waals surface area contributed by atoms with E-state index in [2.05, 4.69) is 36.8 Å². The van der Waals surface area contributed by atoms with E-state index in [1.54, 1.807) is 17.0 Å². The lowest BCUT2D eigenvalue weighted by atomic mass is 10.2. The van der Waals surface area contributed by atoms with E-state index < -0.39 is 0 Å². The Balaban J connectivity index is 2.47. The topological polar surface area (TPSA) is 44.1 Å². The molecule has 0 aliphatic heterocycles. The quantitative estimate of drug-likeness (QED) is 0.771. The molecular weight excluding hydrogens is 364 g/mol. The first-order valence-electron chi connectivity index (χ1n) is 5.55. The van der Waals surface area contributed by atoms with Crippen LogP contribution < -0.4 is 5.56 Å². The number of fused-ring (bicyclic) bond motifs is 1. The van der Waals surface area contributed by atoms with Crippen molar-refractivity contribution in [2.45, 2.75) is 13.5 Å². The van der Waals surface area contributed by atoms with Crippen LogP contribution >= 0.6 is 31.9 Å². The third-order valence-electron chi connectivity index (χ3n) is 2.53. The molecule has 18 heavy (non-hydrogen) atoms. The van der Waals surface area contributed by atoms with Crippen LogP contribution in [0.5, 0.6) is 0 Å².